The van der Waals surface area contributed by atoms with Crippen LogP contribution in [-0.4, -0.2) is 16.7 Å². The van der Waals surface area contributed by atoms with Crippen LogP contribution in [0.15, 0.2) is 24.3 Å². The molecule has 1 rings (SSSR count). The number of thioether (sulfide) groups is 1. The van der Waals surface area contributed by atoms with E-state index < -0.39 is 0 Å². The molecule has 0 aromatic heterocycles. The predicted octanol–water partition coefficient (Wildman–Crippen LogP) is 3.84. The van der Waals surface area contributed by atoms with Crippen LogP contribution in [0.4, 0.5) is 0 Å². The van der Waals surface area contributed by atoms with Crippen molar-refractivity contribution < 1.29 is 9.59 Å². The molecule has 0 unspecified atom stereocenters. The maximum Gasteiger partial charge on any atom is 0.186 e. The number of Topliss-reactive ketones (excluding diaryl/α,β-unsaturated/α-hetero) is 1. The zero-order valence-electron chi connectivity index (χ0n) is 9.70. The van der Waals surface area contributed by atoms with E-state index in [0.717, 1.165) is 5.56 Å². The molecule has 0 saturated heterocycles. The second-order valence-corrected chi connectivity index (χ2v) is 5.10. The molecule has 0 aliphatic heterocycles. The first-order valence-corrected chi connectivity index (χ1v) is 6.47. The van der Waals surface area contributed by atoms with Crippen LogP contribution in [0.3, 0.4) is 0 Å². The number of benzene rings is 1. The second-order valence-electron chi connectivity index (χ2n) is 3.50. The highest BCUT2D eigenvalue weighted by atomic mass is 35.5. The third-order valence-electron chi connectivity index (χ3n) is 2.09. The van der Waals surface area contributed by atoms with Crippen LogP contribution in [0, 0.1) is 0 Å². The largest absolute Gasteiger partial charge is 0.295 e. The Morgan fingerprint density at radius 3 is 2.59 bits per heavy atom. The summed E-state index contributed by atoms with van der Waals surface area (Å²) in [5, 5.41) is 0.634. The van der Waals surface area contributed by atoms with E-state index in [-0.39, 0.29) is 10.9 Å². The Hall–Kier alpha value is -1.06. The van der Waals surface area contributed by atoms with Gasteiger partial charge in [-0.05, 0) is 18.6 Å². The van der Waals surface area contributed by atoms with Crippen LogP contribution in [-0.2, 0) is 4.79 Å². The highest BCUT2D eigenvalue weighted by Crippen LogP contribution is 2.20. The minimum atomic E-state index is -0.00503. The molecule has 0 fully saturated rings. The van der Waals surface area contributed by atoms with Crippen molar-refractivity contribution in [2.24, 2.45) is 0 Å². The molecule has 0 atom stereocenters. The molecule has 0 saturated carbocycles. The van der Waals surface area contributed by atoms with Crippen molar-refractivity contribution in [2.45, 2.75) is 13.8 Å². The van der Waals surface area contributed by atoms with Gasteiger partial charge in [0.05, 0.1) is 0 Å². The lowest BCUT2D eigenvalue weighted by Gasteiger charge is -2.00. The number of halogens is 1. The van der Waals surface area contributed by atoms with Crippen molar-refractivity contribution in [3.05, 3.63) is 40.4 Å². The summed E-state index contributed by atoms with van der Waals surface area (Å²) >= 11 is 7.28. The fraction of sp³-hybridized carbons (Fsp3) is 0.231. The first-order valence-electron chi connectivity index (χ1n) is 5.11. The fourth-order valence-electron chi connectivity index (χ4n) is 1.22. The summed E-state index contributed by atoms with van der Waals surface area (Å²) in [6, 6.07) is 5.20. The number of hydrogen-bond donors (Lipinski definition) is 0. The highest BCUT2D eigenvalue weighted by molar-refractivity contribution is 8.13. The fourth-order valence-corrected chi connectivity index (χ4v) is 1.89. The van der Waals surface area contributed by atoms with Gasteiger partial charge in [-0.25, -0.2) is 0 Å². The van der Waals surface area contributed by atoms with E-state index in [1.807, 2.05) is 12.2 Å². The summed E-state index contributed by atoms with van der Waals surface area (Å²) in [6.45, 7) is 3.04. The van der Waals surface area contributed by atoms with Crippen LogP contribution in [0.2, 0.25) is 5.02 Å². The van der Waals surface area contributed by atoms with Gasteiger partial charge in [0.15, 0.2) is 10.9 Å². The molecule has 1 aromatic carbocycles. The molecule has 0 aliphatic carbocycles. The number of carbonyl (C=O) groups is 2. The molecule has 0 spiro atoms. The lowest BCUT2D eigenvalue weighted by Crippen LogP contribution is -1.91. The Kier molecular flexibility index (Phi) is 5.45. The van der Waals surface area contributed by atoms with Crippen molar-refractivity contribution >= 4 is 40.3 Å². The number of rotatable bonds is 4. The van der Waals surface area contributed by atoms with Gasteiger partial charge in [-0.1, -0.05) is 47.6 Å². The van der Waals surface area contributed by atoms with Crippen molar-refractivity contribution in [3.63, 3.8) is 0 Å². The van der Waals surface area contributed by atoms with Crippen LogP contribution in [0.5, 0.6) is 0 Å². The Morgan fingerprint density at radius 2 is 2.06 bits per heavy atom. The predicted molar refractivity (Wildman–Crippen MR) is 73.6 cm³/mol. The summed E-state index contributed by atoms with van der Waals surface area (Å²) in [7, 11) is 0. The standard InChI is InChI=1S/C13H13ClO2S/c1-9(15)12-6-5-11(13(14)8-12)4-3-7-17-10(2)16/h3-6,8H,7H2,1-2H3. The van der Waals surface area contributed by atoms with Crippen LogP contribution >= 0.6 is 23.4 Å². The smallest absolute Gasteiger partial charge is 0.186 e. The minimum Gasteiger partial charge on any atom is -0.295 e. The van der Waals surface area contributed by atoms with Crippen molar-refractivity contribution in [3.8, 4) is 0 Å². The third kappa shape index (κ3) is 4.75. The zero-order chi connectivity index (χ0) is 12.8. The molecular formula is C13H13ClO2S. The van der Waals surface area contributed by atoms with E-state index in [1.54, 1.807) is 18.2 Å². The van der Waals surface area contributed by atoms with E-state index in [4.69, 9.17) is 11.6 Å². The summed E-state index contributed by atoms with van der Waals surface area (Å²) < 4.78 is 0. The van der Waals surface area contributed by atoms with Crippen molar-refractivity contribution in [1.82, 2.24) is 0 Å². The van der Waals surface area contributed by atoms with Gasteiger partial charge in [0.1, 0.15) is 0 Å². The van der Waals surface area contributed by atoms with Gasteiger partial charge < -0.3 is 0 Å². The first kappa shape index (κ1) is 14.0. The molecule has 1 aromatic rings. The van der Waals surface area contributed by atoms with Gasteiger partial charge >= 0.3 is 0 Å². The summed E-state index contributed by atoms with van der Waals surface area (Å²) in [6.07, 6.45) is 3.73. The third-order valence-corrected chi connectivity index (χ3v) is 3.18. The van der Waals surface area contributed by atoms with Crippen LogP contribution in [0.1, 0.15) is 29.8 Å². The van der Waals surface area contributed by atoms with Gasteiger partial charge in [0, 0.05) is 23.3 Å². The molecule has 17 heavy (non-hydrogen) atoms. The van der Waals surface area contributed by atoms with Gasteiger partial charge in [0.25, 0.3) is 0 Å². The number of carbonyl (C=O) groups excluding carboxylic acids is 2. The van der Waals surface area contributed by atoms with E-state index in [2.05, 4.69) is 0 Å². The monoisotopic (exact) mass is 268 g/mol. The lowest BCUT2D eigenvalue weighted by atomic mass is 10.1. The second kappa shape index (κ2) is 6.62. The van der Waals surface area contributed by atoms with Crippen LogP contribution < -0.4 is 0 Å². The molecule has 0 radical (unpaired) electrons. The molecule has 2 nitrogen and oxygen atoms in total. The normalized spacial score (nSPS) is 10.8. The molecule has 0 aliphatic rings. The minimum absolute atomic E-state index is 0.00503. The molecular weight excluding hydrogens is 256 g/mol. The van der Waals surface area contributed by atoms with Crippen molar-refractivity contribution in [2.75, 3.05) is 5.75 Å². The summed E-state index contributed by atoms with van der Waals surface area (Å²) in [5.74, 6) is 0.620. The van der Waals surface area contributed by atoms with E-state index in [1.165, 1.54) is 25.6 Å². The van der Waals surface area contributed by atoms with Gasteiger partial charge in [-0.2, -0.15) is 0 Å². The van der Waals surface area contributed by atoms with Crippen molar-refractivity contribution in [1.29, 1.82) is 0 Å². The van der Waals surface area contributed by atoms with E-state index in [9.17, 15) is 9.59 Å². The summed E-state index contributed by atoms with van der Waals surface area (Å²) in [4.78, 5) is 21.8. The molecule has 0 bridgehead atoms. The maximum absolute atomic E-state index is 11.1. The van der Waals surface area contributed by atoms with E-state index in [0.29, 0.717) is 16.3 Å². The number of ketones is 1. The Bertz CT molecular complexity index is 466. The molecule has 0 amide bonds. The number of hydrogen-bond acceptors (Lipinski definition) is 3. The molecule has 0 N–H and O–H groups in total. The summed E-state index contributed by atoms with van der Waals surface area (Å²) in [5.41, 5.74) is 1.45. The van der Waals surface area contributed by atoms with E-state index >= 15 is 0 Å². The van der Waals surface area contributed by atoms with Gasteiger partial charge in [0.2, 0.25) is 0 Å². The SMILES string of the molecule is CC(=O)SCC=Cc1ccc(C(C)=O)cc1Cl. The average molecular weight is 269 g/mol. The molecule has 90 valence electrons. The topological polar surface area (TPSA) is 34.1 Å². The van der Waals surface area contributed by atoms with Gasteiger partial charge in [-0.15, -0.1) is 0 Å². The van der Waals surface area contributed by atoms with Crippen LogP contribution in [0.25, 0.3) is 6.08 Å². The quantitative estimate of drug-likeness (QED) is 0.778. The average Bonchev–Trinajstić information content (AvgIpc) is 2.25. The van der Waals surface area contributed by atoms with Gasteiger partial charge in [-0.3, -0.25) is 9.59 Å². The zero-order valence-corrected chi connectivity index (χ0v) is 11.3. The Labute approximate surface area is 110 Å². The Morgan fingerprint density at radius 1 is 1.35 bits per heavy atom. The maximum atomic E-state index is 11.1. The molecule has 0 heterocycles. The Balaban J connectivity index is 2.72. The lowest BCUT2D eigenvalue weighted by molar-refractivity contribution is -0.109. The first-order chi connectivity index (χ1) is 8.00. The molecule has 4 heteroatoms. The highest BCUT2D eigenvalue weighted by Gasteiger charge is 2.02.